The fraction of sp³-hybridized carbons (Fsp3) is 0.318. The van der Waals surface area contributed by atoms with Crippen LogP contribution in [0, 0.1) is 0 Å². The Hall–Kier alpha value is -1.36. The van der Waals surface area contributed by atoms with E-state index in [2.05, 4.69) is 10.3 Å². The van der Waals surface area contributed by atoms with E-state index >= 15 is 0 Å². The van der Waals surface area contributed by atoms with Gasteiger partial charge in [0.15, 0.2) is 0 Å². The molecule has 1 aliphatic rings. The van der Waals surface area contributed by atoms with Crippen LogP contribution in [0.2, 0.25) is 15.1 Å². The molecule has 146 valence electrons. The molecule has 2 aromatic carbocycles. The van der Waals surface area contributed by atoms with Gasteiger partial charge in [0.1, 0.15) is 0 Å². The monoisotopic (exact) mass is 433 g/mol. The zero-order chi connectivity index (χ0) is 19.7. The van der Waals surface area contributed by atoms with Gasteiger partial charge < -0.3 is 11.1 Å². The van der Waals surface area contributed by atoms with Gasteiger partial charge in [0, 0.05) is 28.7 Å². The number of pyridine rings is 1. The van der Waals surface area contributed by atoms with E-state index in [4.69, 9.17) is 40.5 Å². The molecule has 4 rings (SSSR count). The highest BCUT2D eigenvalue weighted by molar-refractivity contribution is 6.42. The molecular formula is C22H22Cl3N3. The minimum atomic E-state index is -0.0735. The second-order valence-electron chi connectivity index (χ2n) is 7.39. The smallest absolute Gasteiger partial charge is 0.0720 e. The number of hydrogen-bond acceptors (Lipinski definition) is 3. The Morgan fingerprint density at radius 1 is 0.964 bits per heavy atom. The Labute approximate surface area is 180 Å². The summed E-state index contributed by atoms with van der Waals surface area (Å²) in [5.41, 5.74) is 9.47. The van der Waals surface area contributed by atoms with Crippen molar-refractivity contribution in [3.63, 3.8) is 0 Å². The molecule has 0 amide bonds. The summed E-state index contributed by atoms with van der Waals surface area (Å²) < 4.78 is 0. The summed E-state index contributed by atoms with van der Waals surface area (Å²) in [6.45, 7) is 0. The van der Waals surface area contributed by atoms with Crippen LogP contribution in [0.3, 0.4) is 0 Å². The zero-order valence-electron chi connectivity index (χ0n) is 15.3. The molecule has 3 N–H and O–H groups in total. The molecule has 3 nitrogen and oxygen atoms in total. The van der Waals surface area contributed by atoms with Crippen molar-refractivity contribution < 1.29 is 0 Å². The van der Waals surface area contributed by atoms with Crippen molar-refractivity contribution in [2.24, 2.45) is 5.73 Å². The summed E-state index contributed by atoms with van der Waals surface area (Å²) in [7, 11) is 0. The number of nitrogens with zero attached hydrogens (tertiary/aromatic N) is 1. The molecular weight excluding hydrogens is 413 g/mol. The molecule has 0 saturated heterocycles. The van der Waals surface area contributed by atoms with E-state index in [-0.39, 0.29) is 18.1 Å². The summed E-state index contributed by atoms with van der Waals surface area (Å²) in [5, 5.41) is 6.62. The van der Waals surface area contributed by atoms with Crippen LogP contribution in [0.1, 0.15) is 42.9 Å². The average molecular weight is 435 g/mol. The molecule has 0 radical (unpaired) electrons. The van der Waals surface area contributed by atoms with Gasteiger partial charge in [0.2, 0.25) is 0 Å². The SMILES string of the molecule is NC1CCCCC1NC(c1ccc(Cl)c(Cl)c1)c1ccnc2cc(Cl)ccc12. The van der Waals surface area contributed by atoms with Crippen molar-refractivity contribution in [3.05, 3.63) is 74.9 Å². The third kappa shape index (κ3) is 4.14. The van der Waals surface area contributed by atoms with Gasteiger partial charge in [-0.3, -0.25) is 4.98 Å². The Morgan fingerprint density at radius 3 is 2.57 bits per heavy atom. The van der Waals surface area contributed by atoms with Gasteiger partial charge in [0.25, 0.3) is 0 Å². The highest BCUT2D eigenvalue weighted by atomic mass is 35.5. The molecule has 3 atom stereocenters. The molecule has 0 spiro atoms. The van der Waals surface area contributed by atoms with Crippen molar-refractivity contribution in [2.45, 2.75) is 43.8 Å². The molecule has 6 heteroatoms. The first-order chi connectivity index (χ1) is 13.5. The lowest BCUT2D eigenvalue weighted by Gasteiger charge is -2.34. The number of fused-ring (bicyclic) bond motifs is 1. The van der Waals surface area contributed by atoms with Crippen LogP contribution in [-0.4, -0.2) is 17.1 Å². The first-order valence-corrected chi connectivity index (χ1v) is 10.7. The maximum atomic E-state index is 6.43. The van der Waals surface area contributed by atoms with Gasteiger partial charge in [-0.05, 0) is 54.3 Å². The normalized spacial score (nSPS) is 21.0. The molecule has 28 heavy (non-hydrogen) atoms. The molecule has 1 aromatic heterocycles. The summed E-state index contributed by atoms with van der Waals surface area (Å²) in [6, 6.07) is 13.9. The summed E-state index contributed by atoms with van der Waals surface area (Å²) in [5.74, 6) is 0. The number of benzene rings is 2. The number of aromatic nitrogens is 1. The zero-order valence-corrected chi connectivity index (χ0v) is 17.6. The van der Waals surface area contributed by atoms with Crippen molar-refractivity contribution in [3.8, 4) is 0 Å². The van der Waals surface area contributed by atoms with Crippen LogP contribution in [0.25, 0.3) is 10.9 Å². The van der Waals surface area contributed by atoms with Crippen molar-refractivity contribution >= 4 is 45.7 Å². The minimum Gasteiger partial charge on any atom is -0.326 e. The van der Waals surface area contributed by atoms with Crippen LogP contribution >= 0.6 is 34.8 Å². The molecule has 1 heterocycles. The molecule has 1 fully saturated rings. The fourth-order valence-corrected chi connectivity index (χ4v) is 4.51. The van der Waals surface area contributed by atoms with Crippen molar-refractivity contribution in [2.75, 3.05) is 0 Å². The molecule has 0 aliphatic heterocycles. The number of rotatable bonds is 4. The van der Waals surface area contributed by atoms with Gasteiger partial charge in [-0.25, -0.2) is 0 Å². The number of nitrogens with one attached hydrogen (secondary N) is 1. The van der Waals surface area contributed by atoms with Gasteiger partial charge in [-0.1, -0.05) is 59.8 Å². The topological polar surface area (TPSA) is 50.9 Å². The second-order valence-corrected chi connectivity index (χ2v) is 8.64. The quantitative estimate of drug-likeness (QED) is 0.518. The fourth-order valence-electron chi connectivity index (χ4n) is 4.03. The lowest BCUT2D eigenvalue weighted by Crippen LogP contribution is -2.48. The first kappa shape index (κ1) is 19.9. The highest BCUT2D eigenvalue weighted by Gasteiger charge is 2.27. The van der Waals surface area contributed by atoms with E-state index < -0.39 is 0 Å². The Morgan fingerprint density at radius 2 is 1.79 bits per heavy atom. The maximum Gasteiger partial charge on any atom is 0.0720 e. The maximum absolute atomic E-state index is 6.43. The van der Waals surface area contributed by atoms with Crippen LogP contribution in [0.15, 0.2) is 48.7 Å². The number of halogens is 3. The number of hydrogen-bond donors (Lipinski definition) is 2. The van der Waals surface area contributed by atoms with Gasteiger partial charge in [0.05, 0.1) is 21.6 Å². The van der Waals surface area contributed by atoms with E-state index in [1.165, 1.54) is 12.8 Å². The third-order valence-electron chi connectivity index (χ3n) is 5.53. The van der Waals surface area contributed by atoms with Crippen LogP contribution in [0.4, 0.5) is 0 Å². The van der Waals surface area contributed by atoms with Gasteiger partial charge >= 0.3 is 0 Å². The standard InChI is InChI=1S/C22H22Cl3N3/c23-14-6-7-15-16(9-10-27-21(15)12-14)22(13-5-8-17(24)18(25)11-13)28-20-4-2-1-3-19(20)26/h5-12,19-20,22,28H,1-4,26H2. The highest BCUT2D eigenvalue weighted by Crippen LogP contribution is 2.34. The number of nitrogens with two attached hydrogens (primary N) is 1. The lowest BCUT2D eigenvalue weighted by molar-refractivity contribution is 0.313. The molecule has 3 unspecified atom stereocenters. The van der Waals surface area contributed by atoms with Crippen LogP contribution in [-0.2, 0) is 0 Å². The summed E-state index contributed by atoms with van der Waals surface area (Å²) in [6.07, 6.45) is 6.30. The summed E-state index contributed by atoms with van der Waals surface area (Å²) >= 11 is 18.7. The lowest BCUT2D eigenvalue weighted by atomic mass is 9.88. The van der Waals surface area contributed by atoms with Crippen molar-refractivity contribution in [1.29, 1.82) is 0 Å². The second kappa shape index (κ2) is 8.56. The van der Waals surface area contributed by atoms with E-state index in [0.717, 1.165) is 34.9 Å². The Bertz CT molecular complexity index is 992. The largest absolute Gasteiger partial charge is 0.326 e. The molecule has 1 aliphatic carbocycles. The van der Waals surface area contributed by atoms with Crippen LogP contribution < -0.4 is 11.1 Å². The molecule has 0 bridgehead atoms. The predicted octanol–water partition coefficient (Wildman–Crippen LogP) is 6.14. The van der Waals surface area contributed by atoms with Crippen LogP contribution in [0.5, 0.6) is 0 Å². The van der Waals surface area contributed by atoms with Gasteiger partial charge in [-0.15, -0.1) is 0 Å². The van der Waals surface area contributed by atoms with E-state index in [1.54, 1.807) is 0 Å². The Kier molecular flexibility index (Phi) is 6.10. The average Bonchev–Trinajstić information content (AvgIpc) is 2.69. The first-order valence-electron chi connectivity index (χ1n) is 9.53. The van der Waals surface area contributed by atoms with Crippen molar-refractivity contribution in [1.82, 2.24) is 10.3 Å². The van der Waals surface area contributed by atoms with E-state index in [0.29, 0.717) is 15.1 Å². The Balaban J connectivity index is 1.81. The third-order valence-corrected chi connectivity index (χ3v) is 6.50. The summed E-state index contributed by atoms with van der Waals surface area (Å²) in [4.78, 5) is 4.49. The minimum absolute atomic E-state index is 0.0735. The van der Waals surface area contributed by atoms with Gasteiger partial charge in [-0.2, -0.15) is 0 Å². The van der Waals surface area contributed by atoms with E-state index in [1.807, 2.05) is 48.7 Å². The van der Waals surface area contributed by atoms with E-state index in [9.17, 15) is 0 Å². The predicted molar refractivity (Wildman–Crippen MR) is 118 cm³/mol. The molecule has 1 saturated carbocycles. The molecule has 3 aromatic rings.